The van der Waals surface area contributed by atoms with Gasteiger partial charge in [0.2, 0.25) is 5.90 Å². The Hall–Kier alpha value is -3.52. The number of methoxy groups -OCH3 is 1. The first kappa shape index (κ1) is 17.3. The molecule has 0 N–H and O–H groups in total. The van der Waals surface area contributed by atoms with E-state index < -0.39 is 5.97 Å². The van der Waals surface area contributed by atoms with Gasteiger partial charge in [-0.1, -0.05) is 30.2 Å². The molecule has 0 amide bonds. The van der Waals surface area contributed by atoms with Crippen molar-refractivity contribution < 1.29 is 19.0 Å². The first-order valence-electron chi connectivity index (χ1n) is 7.95. The van der Waals surface area contributed by atoms with Gasteiger partial charge in [-0.3, -0.25) is 0 Å². The average Bonchev–Trinajstić information content (AvgIpc) is 3.01. The fourth-order valence-electron chi connectivity index (χ4n) is 2.51. The van der Waals surface area contributed by atoms with Crippen LogP contribution in [-0.4, -0.2) is 25.6 Å². The van der Waals surface area contributed by atoms with E-state index in [9.17, 15) is 4.79 Å². The maximum absolute atomic E-state index is 12.2. The number of carbonyl (C=O) groups excluding carboxylic acids is 1. The molecule has 1 aliphatic heterocycles. The van der Waals surface area contributed by atoms with Crippen molar-refractivity contribution in [2.24, 2.45) is 4.99 Å². The molecule has 5 heteroatoms. The van der Waals surface area contributed by atoms with Gasteiger partial charge in [-0.15, -0.1) is 6.42 Å². The van der Waals surface area contributed by atoms with E-state index in [0.717, 1.165) is 16.7 Å². The first-order valence-corrected chi connectivity index (χ1v) is 7.95. The molecule has 0 aliphatic carbocycles. The van der Waals surface area contributed by atoms with Crippen LogP contribution < -0.4 is 9.47 Å². The van der Waals surface area contributed by atoms with Crippen molar-refractivity contribution in [3.05, 3.63) is 64.9 Å². The van der Waals surface area contributed by atoms with E-state index in [1.165, 1.54) is 7.11 Å². The van der Waals surface area contributed by atoms with Crippen LogP contribution in [0.4, 0.5) is 0 Å². The Bertz CT molecular complexity index is 951. The van der Waals surface area contributed by atoms with Crippen LogP contribution in [0, 0.1) is 19.3 Å². The third kappa shape index (κ3) is 3.60. The Labute approximate surface area is 151 Å². The van der Waals surface area contributed by atoms with E-state index in [1.54, 1.807) is 24.3 Å². The highest BCUT2D eigenvalue weighted by molar-refractivity contribution is 6.13. The van der Waals surface area contributed by atoms with E-state index in [1.807, 2.05) is 31.2 Å². The Morgan fingerprint density at radius 2 is 2.04 bits per heavy atom. The highest BCUT2D eigenvalue weighted by Gasteiger charge is 2.25. The minimum atomic E-state index is -0.491. The third-order valence-electron chi connectivity index (χ3n) is 3.80. The number of hydrogen-bond acceptors (Lipinski definition) is 5. The zero-order valence-corrected chi connectivity index (χ0v) is 14.5. The zero-order valence-electron chi connectivity index (χ0n) is 14.5. The van der Waals surface area contributed by atoms with Crippen LogP contribution in [-0.2, 0) is 9.53 Å². The Kier molecular flexibility index (Phi) is 5.04. The van der Waals surface area contributed by atoms with Gasteiger partial charge in [-0.05, 0) is 42.3 Å². The number of benzene rings is 2. The summed E-state index contributed by atoms with van der Waals surface area (Å²) in [4.78, 5) is 16.5. The first-order chi connectivity index (χ1) is 12.6. The van der Waals surface area contributed by atoms with E-state index in [0.29, 0.717) is 17.4 Å². The maximum Gasteiger partial charge on any atom is 0.363 e. The minimum absolute atomic E-state index is 0.146. The Morgan fingerprint density at radius 1 is 1.23 bits per heavy atom. The molecule has 0 saturated heterocycles. The Morgan fingerprint density at radius 3 is 2.77 bits per heavy atom. The molecular weight excluding hydrogens is 330 g/mol. The number of rotatable bonds is 5. The number of aryl methyl sites for hydroxylation is 1. The van der Waals surface area contributed by atoms with Crippen LogP contribution in [0.15, 0.2) is 53.2 Å². The van der Waals surface area contributed by atoms with Gasteiger partial charge in [0.1, 0.15) is 6.61 Å². The summed E-state index contributed by atoms with van der Waals surface area (Å²) in [6, 6.07) is 12.9. The highest BCUT2D eigenvalue weighted by atomic mass is 16.6. The van der Waals surface area contributed by atoms with Gasteiger partial charge in [-0.25, -0.2) is 9.79 Å². The molecule has 0 saturated carbocycles. The number of aliphatic imine (C=N–C) groups is 1. The molecule has 0 radical (unpaired) electrons. The molecule has 0 atom stereocenters. The van der Waals surface area contributed by atoms with E-state index in [-0.39, 0.29) is 12.3 Å². The lowest BCUT2D eigenvalue weighted by Crippen LogP contribution is -2.06. The van der Waals surface area contributed by atoms with Gasteiger partial charge in [0.05, 0.1) is 7.11 Å². The van der Waals surface area contributed by atoms with Crippen molar-refractivity contribution in [1.29, 1.82) is 0 Å². The number of esters is 1. The second kappa shape index (κ2) is 7.58. The summed E-state index contributed by atoms with van der Waals surface area (Å²) in [6.45, 7) is 2.08. The maximum atomic E-state index is 12.2. The van der Waals surface area contributed by atoms with Gasteiger partial charge < -0.3 is 14.2 Å². The summed E-state index contributed by atoms with van der Waals surface area (Å²) in [6.07, 6.45) is 6.84. The molecule has 2 aromatic carbocycles. The molecule has 0 bridgehead atoms. The molecule has 1 aliphatic rings. The number of carbonyl (C=O) groups is 1. The van der Waals surface area contributed by atoms with Crippen LogP contribution in [0.2, 0.25) is 0 Å². The van der Waals surface area contributed by atoms with Crippen molar-refractivity contribution in [2.75, 3.05) is 13.7 Å². The molecule has 1 heterocycles. The monoisotopic (exact) mass is 347 g/mol. The summed E-state index contributed by atoms with van der Waals surface area (Å²) >= 11 is 0. The number of nitrogens with zero attached hydrogens (tertiary/aromatic N) is 1. The fraction of sp³-hybridized carbons (Fsp3) is 0.143. The third-order valence-corrected chi connectivity index (χ3v) is 3.80. The lowest BCUT2D eigenvalue weighted by atomic mass is 10.1. The van der Waals surface area contributed by atoms with E-state index >= 15 is 0 Å². The molecule has 5 nitrogen and oxygen atoms in total. The minimum Gasteiger partial charge on any atom is -0.493 e. The number of hydrogen-bond donors (Lipinski definition) is 0. The molecule has 0 unspecified atom stereocenters. The van der Waals surface area contributed by atoms with Crippen molar-refractivity contribution in [3.8, 4) is 23.8 Å². The summed E-state index contributed by atoms with van der Waals surface area (Å²) in [5.41, 5.74) is 2.73. The lowest BCUT2D eigenvalue weighted by molar-refractivity contribution is -0.129. The second-order valence-corrected chi connectivity index (χ2v) is 5.55. The standard InChI is InChI=1S/C21H17NO4/c1-4-11-25-18-10-9-15(13-19(18)24-3)12-17-21(23)26-20(22-17)16-8-6-5-7-14(16)2/h1,5-10,12-13H,11H2,2-3H3. The molecule has 26 heavy (non-hydrogen) atoms. The van der Waals surface area contributed by atoms with Crippen LogP contribution in [0.5, 0.6) is 11.5 Å². The number of terminal acetylenes is 1. The highest BCUT2D eigenvalue weighted by Crippen LogP contribution is 2.29. The SMILES string of the molecule is C#CCOc1ccc(C=C2N=C(c3ccccc3C)OC2=O)cc1OC. The predicted molar refractivity (Wildman–Crippen MR) is 99.1 cm³/mol. The fourth-order valence-corrected chi connectivity index (χ4v) is 2.51. The van der Waals surface area contributed by atoms with Crippen molar-refractivity contribution in [2.45, 2.75) is 6.92 Å². The Balaban J connectivity index is 1.91. The van der Waals surface area contributed by atoms with E-state index in [2.05, 4.69) is 10.9 Å². The lowest BCUT2D eigenvalue weighted by Gasteiger charge is -2.09. The van der Waals surface area contributed by atoms with Gasteiger partial charge in [0, 0.05) is 5.56 Å². The summed E-state index contributed by atoms with van der Waals surface area (Å²) in [7, 11) is 1.53. The van der Waals surface area contributed by atoms with E-state index in [4.69, 9.17) is 20.6 Å². The van der Waals surface area contributed by atoms with Gasteiger partial charge in [-0.2, -0.15) is 0 Å². The predicted octanol–water partition coefficient (Wildman–Crippen LogP) is 3.36. The van der Waals surface area contributed by atoms with Crippen molar-refractivity contribution in [3.63, 3.8) is 0 Å². The topological polar surface area (TPSA) is 57.1 Å². The normalized spacial score (nSPS) is 14.6. The van der Waals surface area contributed by atoms with Gasteiger partial charge in [0.25, 0.3) is 0 Å². The number of ether oxygens (including phenoxy) is 3. The molecule has 0 spiro atoms. The number of cyclic esters (lactones) is 1. The van der Waals surface area contributed by atoms with Gasteiger partial charge in [0.15, 0.2) is 17.2 Å². The quantitative estimate of drug-likeness (QED) is 0.473. The molecule has 0 aromatic heterocycles. The van der Waals surface area contributed by atoms with Crippen molar-refractivity contribution >= 4 is 17.9 Å². The average molecular weight is 347 g/mol. The van der Waals surface area contributed by atoms with Crippen LogP contribution in [0.1, 0.15) is 16.7 Å². The molecule has 130 valence electrons. The summed E-state index contributed by atoms with van der Waals surface area (Å²) in [5, 5.41) is 0. The second-order valence-electron chi connectivity index (χ2n) is 5.55. The summed E-state index contributed by atoms with van der Waals surface area (Å²) < 4.78 is 16.0. The van der Waals surface area contributed by atoms with Crippen LogP contribution in [0.3, 0.4) is 0 Å². The molecule has 0 fully saturated rings. The van der Waals surface area contributed by atoms with Gasteiger partial charge >= 0.3 is 5.97 Å². The van der Waals surface area contributed by atoms with Crippen molar-refractivity contribution in [1.82, 2.24) is 0 Å². The zero-order chi connectivity index (χ0) is 18.5. The van der Waals surface area contributed by atoms with Crippen LogP contribution in [0.25, 0.3) is 6.08 Å². The smallest absolute Gasteiger partial charge is 0.363 e. The largest absolute Gasteiger partial charge is 0.493 e. The van der Waals surface area contributed by atoms with Crippen LogP contribution >= 0.6 is 0 Å². The molecule has 3 rings (SSSR count). The molecule has 2 aromatic rings. The summed E-state index contributed by atoms with van der Waals surface area (Å²) in [5.74, 6) is 3.27. The molecular formula is C21H17NO4.